The van der Waals surface area contributed by atoms with Crippen molar-refractivity contribution in [3.05, 3.63) is 23.3 Å². The highest BCUT2D eigenvalue weighted by Crippen LogP contribution is 2.27. The fourth-order valence-corrected chi connectivity index (χ4v) is 1.35. The van der Waals surface area contributed by atoms with Crippen LogP contribution >= 0.6 is 0 Å². The largest absolute Gasteiger partial charge is 0.506 e. The first-order valence-corrected chi connectivity index (χ1v) is 5.52. The summed E-state index contributed by atoms with van der Waals surface area (Å²) in [5, 5.41) is 12.1. The Balaban J connectivity index is 2.89. The van der Waals surface area contributed by atoms with Crippen LogP contribution < -0.4 is 5.32 Å². The summed E-state index contributed by atoms with van der Waals surface area (Å²) in [7, 11) is 0. The first kappa shape index (κ1) is 14.0. The van der Waals surface area contributed by atoms with Crippen LogP contribution in [0.1, 0.15) is 36.7 Å². The van der Waals surface area contributed by atoms with E-state index >= 15 is 0 Å². The van der Waals surface area contributed by atoms with Gasteiger partial charge in [0.2, 0.25) is 0 Å². The van der Waals surface area contributed by atoms with Gasteiger partial charge in [-0.05, 0) is 45.4 Å². The molecule has 18 heavy (non-hydrogen) atoms. The van der Waals surface area contributed by atoms with E-state index in [1.165, 1.54) is 12.1 Å². The molecule has 0 fully saturated rings. The first-order valence-electron chi connectivity index (χ1n) is 5.52. The summed E-state index contributed by atoms with van der Waals surface area (Å²) in [5.41, 5.74) is 0.640. The van der Waals surface area contributed by atoms with E-state index in [0.29, 0.717) is 17.4 Å². The lowest BCUT2D eigenvalue weighted by Crippen LogP contribution is -2.27. The van der Waals surface area contributed by atoms with Crippen LogP contribution in [-0.4, -0.2) is 23.1 Å². The monoisotopic (exact) mass is 251 g/mol. The standard InChI is InChI=1S/C13H17NO4/c1-8-5-10(11(16)6-9(8)7-15)14-12(17)18-13(2,3)4/h5-7,16H,1-4H3,(H,14,17). The Labute approximate surface area is 106 Å². The number of phenolic OH excluding ortho intramolecular Hbond substituents is 1. The van der Waals surface area contributed by atoms with Gasteiger partial charge in [-0.15, -0.1) is 0 Å². The Morgan fingerprint density at radius 2 is 2.00 bits per heavy atom. The highest BCUT2D eigenvalue weighted by molar-refractivity contribution is 5.89. The predicted molar refractivity (Wildman–Crippen MR) is 68.1 cm³/mol. The van der Waals surface area contributed by atoms with E-state index < -0.39 is 11.7 Å². The number of aryl methyl sites for hydroxylation is 1. The maximum atomic E-state index is 11.5. The first-order chi connectivity index (χ1) is 8.23. The molecular weight excluding hydrogens is 234 g/mol. The summed E-state index contributed by atoms with van der Waals surface area (Å²) in [6.07, 6.45) is -0.0113. The molecule has 0 radical (unpaired) electrons. The molecule has 5 heteroatoms. The summed E-state index contributed by atoms with van der Waals surface area (Å²) < 4.78 is 5.06. The van der Waals surface area contributed by atoms with Crippen molar-refractivity contribution in [3.8, 4) is 5.75 Å². The quantitative estimate of drug-likeness (QED) is 0.626. The Hall–Kier alpha value is -2.04. The molecule has 2 N–H and O–H groups in total. The smallest absolute Gasteiger partial charge is 0.412 e. The molecule has 0 heterocycles. The third kappa shape index (κ3) is 3.76. The van der Waals surface area contributed by atoms with Crippen LogP contribution in [-0.2, 0) is 4.74 Å². The minimum Gasteiger partial charge on any atom is -0.506 e. The molecule has 0 spiro atoms. The third-order valence-corrected chi connectivity index (χ3v) is 2.15. The third-order valence-electron chi connectivity index (χ3n) is 2.15. The number of hydrogen-bond acceptors (Lipinski definition) is 4. The van der Waals surface area contributed by atoms with E-state index in [1.54, 1.807) is 27.7 Å². The van der Waals surface area contributed by atoms with Crippen LogP contribution in [0.25, 0.3) is 0 Å². The zero-order valence-corrected chi connectivity index (χ0v) is 10.9. The topological polar surface area (TPSA) is 75.6 Å². The van der Waals surface area contributed by atoms with Gasteiger partial charge in [0.05, 0.1) is 5.69 Å². The van der Waals surface area contributed by atoms with E-state index in [4.69, 9.17) is 4.74 Å². The number of amides is 1. The van der Waals surface area contributed by atoms with Crippen LogP contribution in [0.2, 0.25) is 0 Å². The van der Waals surface area contributed by atoms with Crippen LogP contribution in [0.15, 0.2) is 12.1 Å². The number of carbonyl (C=O) groups is 2. The second-order valence-electron chi connectivity index (χ2n) is 4.97. The van der Waals surface area contributed by atoms with Crippen molar-refractivity contribution in [1.29, 1.82) is 0 Å². The highest BCUT2D eigenvalue weighted by Gasteiger charge is 2.17. The number of rotatable bonds is 2. The number of ether oxygens (including phenoxy) is 1. The van der Waals surface area contributed by atoms with Crippen molar-refractivity contribution < 1.29 is 19.4 Å². The molecule has 0 saturated heterocycles. The van der Waals surface area contributed by atoms with Crippen LogP contribution in [0.5, 0.6) is 5.75 Å². The van der Waals surface area contributed by atoms with E-state index in [2.05, 4.69) is 5.32 Å². The Morgan fingerprint density at radius 1 is 1.39 bits per heavy atom. The minimum absolute atomic E-state index is 0.173. The summed E-state index contributed by atoms with van der Waals surface area (Å²) >= 11 is 0. The van der Waals surface area contributed by atoms with Crippen molar-refractivity contribution in [2.45, 2.75) is 33.3 Å². The maximum Gasteiger partial charge on any atom is 0.412 e. The predicted octanol–water partition coefficient (Wildman–Crippen LogP) is 2.86. The Kier molecular flexibility index (Phi) is 3.96. The summed E-state index contributed by atoms with van der Waals surface area (Å²) in [4.78, 5) is 22.2. The summed E-state index contributed by atoms with van der Waals surface area (Å²) in [6.45, 7) is 6.94. The molecule has 1 aromatic carbocycles. The van der Waals surface area contributed by atoms with Gasteiger partial charge in [0, 0.05) is 5.56 Å². The van der Waals surface area contributed by atoms with Crippen molar-refractivity contribution in [2.24, 2.45) is 0 Å². The molecule has 0 aliphatic carbocycles. The van der Waals surface area contributed by atoms with Gasteiger partial charge >= 0.3 is 6.09 Å². The lowest BCUT2D eigenvalue weighted by molar-refractivity contribution is 0.0635. The highest BCUT2D eigenvalue weighted by atomic mass is 16.6. The number of anilines is 1. The van der Waals surface area contributed by atoms with Crippen molar-refractivity contribution >= 4 is 18.1 Å². The van der Waals surface area contributed by atoms with Crippen molar-refractivity contribution in [3.63, 3.8) is 0 Å². The van der Waals surface area contributed by atoms with Crippen molar-refractivity contribution in [1.82, 2.24) is 0 Å². The van der Waals surface area contributed by atoms with Crippen LogP contribution in [0.4, 0.5) is 10.5 Å². The molecular formula is C13H17NO4. The van der Waals surface area contributed by atoms with E-state index in [-0.39, 0.29) is 11.4 Å². The number of benzene rings is 1. The number of aromatic hydroxyl groups is 1. The van der Waals surface area contributed by atoms with E-state index in [0.717, 1.165) is 0 Å². The number of carbonyl (C=O) groups excluding carboxylic acids is 2. The molecule has 0 aromatic heterocycles. The molecule has 0 bridgehead atoms. The van der Waals surface area contributed by atoms with Gasteiger partial charge in [-0.3, -0.25) is 10.1 Å². The number of aldehydes is 1. The maximum absolute atomic E-state index is 11.5. The number of phenols is 1. The van der Waals surface area contributed by atoms with Gasteiger partial charge in [0.1, 0.15) is 17.6 Å². The molecule has 0 atom stereocenters. The van der Waals surface area contributed by atoms with E-state index in [9.17, 15) is 14.7 Å². The van der Waals surface area contributed by atoms with Gasteiger partial charge in [-0.2, -0.15) is 0 Å². The normalized spacial score (nSPS) is 10.9. The van der Waals surface area contributed by atoms with Crippen LogP contribution in [0, 0.1) is 6.92 Å². The lowest BCUT2D eigenvalue weighted by Gasteiger charge is -2.20. The molecule has 1 amide bonds. The van der Waals surface area contributed by atoms with E-state index in [1.807, 2.05) is 0 Å². The Morgan fingerprint density at radius 3 is 2.50 bits per heavy atom. The molecule has 98 valence electrons. The van der Waals surface area contributed by atoms with Gasteiger partial charge in [-0.25, -0.2) is 4.79 Å². The molecule has 1 rings (SSSR count). The molecule has 0 aliphatic heterocycles. The summed E-state index contributed by atoms with van der Waals surface area (Å²) in [5.74, 6) is -0.173. The second kappa shape index (κ2) is 5.08. The molecule has 0 unspecified atom stereocenters. The molecule has 0 aliphatic rings. The van der Waals surface area contributed by atoms with Gasteiger partial charge in [0.25, 0.3) is 0 Å². The fraction of sp³-hybridized carbons (Fsp3) is 0.385. The zero-order chi connectivity index (χ0) is 13.9. The van der Waals surface area contributed by atoms with Gasteiger partial charge in [-0.1, -0.05) is 0 Å². The van der Waals surface area contributed by atoms with Crippen LogP contribution in [0.3, 0.4) is 0 Å². The van der Waals surface area contributed by atoms with Gasteiger partial charge in [0.15, 0.2) is 0 Å². The number of nitrogens with one attached hydrogen (secondary N) is 1. The average Bonchev–Trinajstić information content (AvgIpc) is 2.20. The molecule has 5 nitrogen and oxygen atoms in total. The number of hydrogen-bond donors (Lipinski definition) is 2. The molecule has 0 saturated carbocycles. The zero-order valence-electron chi connectivity index (χ0n) is 10.9. The van der Waals surface area contributed by atoms with Crippen molar-refractivity contribution in [2.75, 3.05) is 5.32 Å². The average molecular weight is 251 g/mol. The fourth-order valence-electron chi connectivity index (χ4n) is 1.35. The molecule has 1 aromatic rings. The Bertz CT molecular complexity index is 475. The summed E-state index contributed by atoms with van der Waals surface area (Å²) in [6, 6.07) is 2.82. The minimum atomic E-state index is -0.656. The lowest BCUT2D eigenvalue weighted by atomic mass is 10.1. The second-order valence-corrected chi connectivity index (χ2v) is 4.97. The SMILES string of the molecule is Cc1cc(NC(=O)OC(C)(C)C)c(O)cc1C=O. The van der Waals surface area contributed by atoms with Gasteiger partial charge < -0.3 is 9.84 Å².